The largest absolute Gasteiger partial charge is 0.394 e. The van der Waals surface area contributed by atoms with Crippen LogP contribution < -0.4 is 22.1 Å². The second-order valence-electron chi connectivity index (χ2n) is 6.62. The van der Waals surface area contributed by atoms with E-state index in [4.69, 9.17) is 16.6 Å². The van der Waals surface area contributed by atoms with E-state index in [0.29, 0.717) is 18.8 Å². The molecular formula is C14H25N5O4S. The average Bonchev–Trinajstić information content (AvgIpc) is 2.94. The van der Waals surface area contributed by atoms with E-state index < -0.39 is 30.6 Å². The number of nitrogens with zero attached hydrogens (tertiary/aromatic N) is 1. The monoisotopic (exact) mass is 359 g/mol. The number of aliphatic hydroxyl groups is 1. The lowest BCUT2D eigenvalue weighted by molar-refractivity contribution is -0.139. The zero-order chi connectivity index (χ0) is 18.1. The Kier molecular flexibility index (Phi) is 5.74. The molecule has 24 heavy (non-hydrogen) atoms. The summed E-state index contributed by atoms with van der Waals surface area (Å²) in [4.78, 5) is 36.8. The van der Waals surface area contributed by atoms with Crippen molar-refractivity contribution in [3.63, 3.8) is 0 Å². The fourth-order valence-electron chi connectivity index (χ4n) is 2.83. The van der Waals surface area contributed by atoms with Crippen LogP contribution in [0.25, 0.3) is 0 Å². The van der Waals surface area contributed by atoms with Gasteiger partial charge in [-0.25, -0.2) is 0 Å². The van der Waals surface area contributed by atoms with Crippen LogP contribution in [0.4, 0.5) is 0 Å². The molecule has 2 heterocycles. The zero-order valence-corrected chi connectivity index (χ0v) is 14.6. The fraction of sp³-hybridized carbons (Fsp3) is 0.786. The number of aliphatic hydroxyl groups excluding tert-OH is 1. The van der Waals surface area contributed by atoms with Crippen LogP contribution in [0.15, 0.2) is 0 Å². The van der Waals surface area contributed by atoms with Gasteiger partial charge in [0.25, 0.3) is 0 Å². The number of carbonyl (C=O) groups excluding carboxylic acids is 3. The zero-order valence-electron chi connectivity index (χ0n) is 13.8. The molecule has 9 nitrogen and oxygen atoms in total. The van der Waals surface area contributed by atoms with E-state index in [9.17, 15) is 14.4 Å². The van der Waals surface area contributed by atoms with Crippen LogP contribution in [0.1, 0.15) is 13.8 Å². The highest BCUT2D eigenvalue weighted by Crippen LogP contribution is 2.38. The van der Waals surface area contributed by atoms with E-state index in [1.807, 2.05) is 13.8 Å². The molecular weight excluding hydrogens is 334 g/mol. The quantitative estimate of drug-likeness (QED) is 0.343. The van der Waals surface area contributed by atoms with Crippen LogP contribution in [0.5, 0.6) is 0 Å². The van der Waals surface area contributed by atoms with Crippen molar-refractivity contribution in [2.75, 3.05) is 25.4 Å². The van der Waals surface area contributed by atoms with E-state index in [-0.39, 0.29) is 22.6 Å². The van der Waals surface area contributed by atoms with Gasteiger partial charge in [0.15, 0.2) is 0 Å². The first-order chi connectivity index (χ1) is 11.2. The number of thioether (sulfide) groups is 1. The summed E-state index contributed by atoms with van der Waals surface area (Å²) in [5.41, 5.74) is 10.8. The predicted octanol–water partition coefficient (Wildman–Crippen LogP) is -2.82. The molecule has 10 heteroatoms. The van der Waals surface area contributed by atoms with Gasteiger partial charge in [0.05, 0.1) is 25.7 Å². The molecule has 0 radical (unpaired) electrons. The molecule has 2 saturated heterocycles. The molecule has 0 aromatic carbocycles. The van der Waals surface area contributed by atoms with Crippen molar-refractivity contribution in [1.29, 1.82) is 0 Å². The van der Waals surface area contributed by atoms with Crippen LogP contribution in [0.2, 0.25) is 0 Å². The molecule has 2 aliphatic heterocycles. The van der Waals surface area contributed by atoms with Gasteiger partial charge < -0.3 is 26.8 Å². The van der Waals surface area contributed by atoms with Crippen LogP contribution in [0, 0.1) is 5.92 Å². The van der Waals surface area contributed by atoms with Crippen LogP contribution >= 0.6 is 11.8 Å². The Morgan fingerprint density at radius 2 is 2.04 bits per heavy atom. The lowest BCUT2D eigenvalue weighted by Gasteiger charge is -2.48. The highest BCUT2D eigenvalue weighted by atomic mass is 32.2. The SMILES string of the molecule is CC(C)[C@H](NC(=O)[C@@H]1CSC2(CN(C(=O)[C@@H](N)CO)C2)N1)C(N)=O. The number of hydrogen-bond donors (Lipinski definition) is 5. The number of likely N-dealkylation sites (tertiary alicyclic amines) is 1. The number of rotatable bonds is 6. The third-order valence-electron chi connectivity index (χ3n) is 4.27. The Hall–Kier alpha value is -1.36. The van der Waals surface area contributed by atoms with Gasteiger partial charge in [0, 0.05) is 5.75 Å². The minimum Gasteiger partial charge on any atom is -0.394 e. The minimum absolute atomic E-state index is 0.0914. The minimum atomic E-state index is -0.907. The van der Waals surface area contributed by atoms with Crippen molar-refractivity contribution >= 4 is 29.5 Å². The van der Waals surface area contributed by atoms with Gasteiger partial charge in [-0.1, -0.05) is 13.8 Å². The molecule has 136 valence electrons. The Bertz CT molecular complexity index is 523. The summed E-state index contributed by atoms with van der Waals surface area (Å²) in [6, 6.07) is -2.06. The number of primary amides is 1. The Balaban J connectivity index is 1.87. The molecule has 3 atom stereocenters. The molecule has 0 aromatic heterocycles. The molecule has 2 rings (SSSR count). The molecule has 0 saturated carbocycles. The van der Waals surface area contributed by atoms with Crippen LogP contribution in [0.3, 0.4) is 0 Å². The number of carbonyl (C=O) groups is 3. The van der Waals surface area contributed by atoms with Crippen molar-refractivity contribution in [1.82, 2.24) is 15.5 Å². The lowest BCUT2D eigenvalue weighted by Crippen LogP contribution is -2.70. The molecule has 0 unspecified atom stereocenters. The standard InChI is InChI=1S/C14H25N5O4S/c1-7(2)10(11(16)21)17-12(22)9-4-24-14(18-9)5-19(6-14)13(23)8(15)3-20/h7-10,18,20H,3-6,15H2,1-2H3,(H2,16,21)(H,17,22)/t8-,9-,10-/m0/s1. The smallest absolute Gasteiger partial charge is 0.242 e. The van der Waals surface area contributed by atoms with Crippen LogP contribution in [-0.4, -0.2) is 76.2 Å². The van der Waals surface area contributed by atoms with Crippen molar-refractivity contribution in [2.45, 2.75) is 36.8 Å². The summed E-state index contributed by atoms with van der Waals surface area (Å²) in [6.45, 7) is 4.09. The van der Waals surface area contributed by atoms with Crippen molar-refractivity contribution in [3.05, 3.63) is 0 Å². The summed E-state index contributed by atoms with van der Waals surface area (Å²) in [5.74, 6) is -0.673. The van der Waals surface area contributed by atoms with E-state index >= 15 is 0 Å². The van der Waals surface area contributed by atoms with Gasteiger partial charge in [-0.05, 0) is 5.92 Å². The predicted molar refractivity (Wildman–Crippen MR) is 89.7 cm³/mol. The number of nitrogens with one attached hydrogen (secondary N) is 2. The van der Waals surface area contributed by atoms with Crippen molar-refractivity contribution < 1.29 is 19.5 Å². The first-order valence-electron chi connectivity index (χ1n) is 7.85. The first kappa shape index (κ1) is 19.0. The summed E-state index contributed by atoms with van der Waals surface area (Å²) < 4.78 is 0. The van der Waals surface area contributed by atoms with Gasteiger partial charge >= 0.3 is 0 Å². The molecule has 2 fully saturated rings. The third kappa shape index (κ3) is 3.82. The maximum atomic E-state index is 12.3. The number of amides is 3. The Morgan fingerprint density at radius 1 is 1.42 bits per heavy atom. The Morgan fingerprint density at radius 3 is 2.54 bits per heavy atom. The highest BCUT2D eigenvalue weighted by Gasteiger charge is 2.52. The highest BCUT2D eigenvalue weighted by molar-refractivity contribution is 8.01. The molecule has 1 spiro atoms. The van der Waals surface area contributed by atoms with E-state index in [1.54, 1.807) is 16.7 Å². The molecule has 0 bridgehead atoms. The topological polar surface area (TPSA) is 151 Å². The van der Waals surface area contributed by atoms with Gasteiger partial charge in [-0.2, -0.15) is 0 Å². The van der Waals surface area contributed by atoms with E-state index in [0.717, 1.165) is 0 Å². The van der Waals surface area contributed by atoms with Gasteiger partial charge in [0.2, 0.25) is 17.7 Å². The maximum absolute atomic E-state index is 12.3. The van der Waals surface area contributed by atoms with Crippen LogP contribution in [-0.2, 0) is 14.4 Å². The lowest BCUT2D eigenvalue weighted by atomic mass is 10.0. The molecule has 3 amide bonds. The fourth-order valence-corrected chi connectivity index (χ4v) is 4.27. The second kappa shape index (κ2) is 7.26. The molecule has 7 N–H and O–H groups in total. The molecule has 0 aliphatic carbocycles. The van der Waals surface area contributed by atoms with Gasteiger partial charge in [-0.15, -0.1) is 11.8 Å². The summed E-state index contributed by atoms with van der Waals surface area (Å²) in [5, 5.41) is 14.8. The number of nitrogens with two attached hydrogens (primary N) is 2. The van der Waals surface area contributed by atoms with Crippen molar-refractivity contribution in [2.24, 2.45) is 17.4 Å². The van der Waals surface area contributed by atoms with E-state index in [1.165, 1.54) is 0 Å². The molecule has 0 aromatic rings. The molecule has 2 aliphatic rings. The normalized spacial score (nSPS) is 24.5. The Labute approximate surface area is 144 Å². The second-order valence-corrected chi connectivity index (χ2v) is 8.02. The third-order valence-corrected chi connectivity index (χ3v) is 5.70. The van der Waals surface area contributed by atoms with Crippen molar-refractivity contribution in [3.8, 4) is 0 Å². The van der Waals surface area contributed by atoms with E-state index in [2.05, 4.69) is 10.6 Å². The number of hydrogen-bond acceptors (Lipinski definition) is 7. The first-order valence-corrected chi connectivity index (χ1v) is 8.84. The summed E-state index contributed by atoms with van der Waals surface area (Å²) >= 11 is 1.57. The van der Waals surface area contributed by atoms with Gasteiger partial charge in [0.1, 0.15) is 17.0 Å². The summed E-state index contributed by atoms with van der Waals surface area (Å²) in [6.07, 6.45) is 0. The average molecular weight is 359 g/mol. The maximum Gasteiger partial charge on any atom is 0.242 e. The van der Waals surface area contributed by atoms with Gasteiger partial charge in [-0.3, -0.25) is 19.7 Å². The summed E-state index contributed by atoms with van der Waals surface area (Å²) in [7, 11) is 0.